The van der Waals surface area contributed by atoms with Crippen molar-refractivity contribution < 1.29 is 14.3 Å². The lowest BCUT2D eigenvalue weighted by Gasteiger charge is -2.36. The molecule has 2 N–H and O–H groups in total. The van der Waals surface area contributed by atoms with Gasteiger partial charge in [-0.2, -0.15) is 0 Å². The fraction of sp³-hybridized carbons (Fsp3) is 0.667. The molecule has 1 unspecified atom stereocenters. The van der Waals surface area contributed by atoms with Crippen LogP contribution in [-0.2, 0) is 14.9 Å². The Morgan fingerprint density at radius 3 is 2.38 bits per heavy atom. The van der Waals surface area contributed by atoms with Crippen molar-refractivity contribution in [3.8, 4) is 5.75 Å². The van der Waals surface area contributed by atoms with Crippen LogP contribution >= 0.6 is 0 Å². The summed E-state index contributed by atoms with van der Waals surface area (Å²) in [5, 5.41) is 6.42. The van der Waals surface area contributed by atoms with Crippen molar-refractivity contribution in [3.63, 3.8) is 0 Å². The molecule has 0 aromatic heterocycles. The highest BCUT2D eigenvalue weighted by Crippen LogP contribution is 2.29. The van der Waals surface area contributed by atoms with Crippen LogP contribution < -0.4 is 15.4 Å². The Balaban J connectivity index is 1.87. The van der Waals surface area contributed by atoms with Crippen LogP contribution in [0.1, 0.15) is 46.1 Å². The molecule has 0 spiro atoms. The van der Waals surface area contributed by atoms with Crippen LogP contribution in [0, 0.1) is 5.41 Å². The predicted octanol–water partition coefficient (Wildman–Crippen LogP) is 2.88. The summed E-state index contributed by atoms with van der Waals surface area (Å²) in [5.41, 5.74) is 0.978. The van der Waals surface area contributed by atoms with E-state index >= 15 is 0 Å². The standard InChI is InChI=1S/C21H34N2O3/c1-16(14-26-18-8-6-17(7-9-18)20(2,3)4)23-19(24)21(15-25-5)10-12-22-13-11-21/h6-9,16,22H,10-15H2,1-5H3,(H,23,24). The molecule has 146 valence electrons. The molecule has 1 aliphatic rings. The van der Waals surface area contributed by atoms with Gasteiger partial charge in [-0.3, -0.25) is 4.79 Å². The Kier molecular flexibility index (Phi) is 7.07. The lowest BCUT2D eigenvalue weighted by Crippen LogP contribution is -2.52. The fourth-order valence-corrected chi connectivity index (χ4v) is 3.31. The Morgan fingerprint density at radius 2 is 1.85 bits per heavy atom. The van der Waals surface area contributed by atoms with Gasteiger partial charge in [0, 0.05) is 7.11 Å². The zero-order chi connectivity index (χ0) is 19.2. The third-order valence-corrected chi connectivity index (χ3v) is 5.06. The number of nitrogens with one attached hydrogen (secondary N) is 2. The van der Waals surface area contributed by atoms with Crippen molar-refractivity contribution in [2.24, 2.45) is 5.41 Å². The number of hydrogen-bond acceptors (Lipinski definition) is 4. The number of hydrogen-bond donors (Lipinski definition) is 2. The van der Waals surface area contributed by atoms with Crippen molar-refractivity contribution in [3.05, 3.63) is 29.8 Å². The van der Waals surface area contributed by atoms with Crippen LogP contribution in [0.4, 0.5) is 0 Å². The molecule has 5 heteroatoms. The summed E-state index contributed by atoms with van der Waals surface area (Å²) in [4.78, 5) is 12.8. The smallest absolute Gasteiger partial charge is 0.228 e. The molecule has 1 atom stereocenters. The van der Waals surface area contributed by atoms with E-state index in [1.165, 1.54) is 5.56 Å². The maximum absolute atomic E-state index is 12.8. The minimum absolute atomic E-state index is 0.0617. The highest BCUT2D eigenvalue weighted by atomic mass is 16.5. The SMILES string of the molecule is COCC1(C(=O)NC(C)COc2ccc(C(C)(C)C)cc2)CCNCC1. The van der Waals surface area contributed by atoms with Gasteiger partial charge in [-0.05, 0) is 56.0 Å². The maximum atomic E-state index is 12.8. The number of ether oxygens (including phenoxy) is 2. The molecule has 1 fully saturated rings. The van der Waals surface area contributed by atoms with Crippen LogP contribution in [0.5, 0.6) is 5.75 Å². The summed E-state index contributed by atoms with van der Waals surface area (Å²) in [5.74, 6) is 0.896. The third-order valence-electron chi connectivity index (χ3n) is 5.06. The Hall–Kier alpha value is -1.59. The Labute approximate surface area is 157 Å². The van der Waals surface area contributed by atoms with E-state index in [0.717, 1.165) is 31.7 Å². The molecule has 0 saturated carbocycles. The zero-order valence-corrected chi connectivity index (χ0v) is 16.9. The van der Waals surface area contributed by atoms with Gasteiger partial charge in [-0.1, -0.05) is 32.9 Å². The van der Waals surface area contributed by atoms with Crippen molar-refractivity contribution in [2.75, 3.05) is 33.4 Å². The second kappa shape index (κ2) is 8.87. The van der Waals surface area contributed by atoms with Crippen molar-refractivity contribution in [1.29, 1.82) is 0 Å². The first-order valence-corrected chi connectivity index (χ1v) is 9.51. The van der Waals surface area contributed by atoms with Gasteiger partial charge >= 0.3 is 0 Å². The van der Waals surface area contributed by atoms with Gasteiger partial charge in [0.15, 0.2) is 0 Å². The number of carbonyl (C=O) groups is 1. The van der Waals surface area contributed by atoms with Gasteiger partial charge in [-0.15, -0.1) is 0 Å². The van der Waals surface area contributed by atoms with Crippen LogP contribution in [0.15, 0.2) is 24.3 Å². The van der Waals surface area contributed by atoms with Crippen LogP contribution in [0.25, 0.3) is 0 Å². The van der Waals surface area contributed by atoms with E-state index in [2.05, 4.69) is 43.5 Å². The molecule has 1 amide bonds. The Bertz CT molecular complexity index is 566. The van der Waals surface area contributed by atoms with Crippen molar-refractivity contribution in [1.82, 2.24) is 10.6 Å². The largest absolute Gasteiger partial charge is 0.491 e. The number of methoxy groups -OCH3 is 1. The first-order chi connectivity index (χ1) is 12.3. The van der Waals surface area contributed by atoms with E-state index in [-0.39, 0.29) is 17.4 Å². The predicted molar refractivity (Wildman–Crippen MR) is 105 cm³/mol. The molecule has 0 radical (unpaired) electrons. The fourth-order valence-electron chi connectivity index (χ4n) is 3.31. The first kappa shape index (κ1) is 20.7. The number of rotatable bonds is 7. The second-order valence-corrected chi connectivity index (χ2v) is 8.42. The van der Waals surface area contributed by atoms with E-state index in [4.69, 9.17) is 9.47 Å². The minimum atomic E-state index is -0.428. The van der Waals surface area contributed by atoms with Gasteiger partial charge in [-0.25, -0.2) is 0 Å². The molecule has 1 heterocycles. The number of carbonyl (C=O) groups excluding carboxylic acids is 1. The summed E-state index contributed by atoms with van der Waals surface area (Å²) in [6, 6.07) is 8.12. The summed E-state index contributed by atoms with van der Waals surface area (Å²) < 4.78 is 11.2. The molecule has 0 aliphatic carbocycles. The summed E-state index contributed by atoms with van der Waals surface area (Å²) >= 11 is 0. The van der Waals surface area contributed by atoms with Crippen molar-refractivity contribution in [2.45, 2.75) is 52.0 Å². The summed E-state index contributed by atoms with van der Waals surface area (Å²) in [7, 11) is 1.66. The van der Waals surface area contributed by atoms with Gasteiger partial charge in [0.1, 0.15) is 12.4 Å². The molecule has 1 aliphatic heterocycles. The minimum Gasteiger partial charge on any atom is -0.491 e. The second-order valence-electron chi connectivity index (χ2n) is 8.42. The quantitative estimate of drug-likeness (QED) is 0.783. The normalized spacial score (nSPS) is 18.2. The van der Waals surface area contributed by atoms with E-state index < -0.39 is 5.41 Å². The van der Waals surface area contributed by atoms with Gasteiger partial charge < -0.3 is 20.1 Å². The van der Waals surface area contributed by atoms with E-state index in [0.29, 0.717) is 13.2 Å². The van der Waals surface area contributed by atoms with Crippen LogP contribution in [0.2, 0.25) is 0 Å². The highest BCUT2D eigenvalue weighted by Gasteiger charge is 2.40. The van der Waals surface area contributed by atoms with Gasteiger partial charge in [0.05, 0.1) is 18.1 Å². The summed E-state index contributed by atoms with van der Waals surface area (Å²) in [6.45, 7) is 11.2. The Morgan fingerprint density at radius 1 is 1.23 bits per heavy atom. The average Bonchev–Trinajstić information content (AvgIpc) is 2.60. The molecule has 1 aromatic rings. The van der Waals surface area contributed by atoms with Crippen molar-refractivity contribution >= 4 is 5.91 Å². The molecular formula is C21H34N2O3. The molecule has 1 saturated heterocycles. The number of amides is 1. The zero-order valence-electron chi connectivity index (χ0n) is 16.9. The number of benzene rings is 1. The first-order valence-electron chi connectivity index (χ1n) is 9.51. The average molecular weight is 363 g/mol. The topological polar surface area (TPSA) is 59.6 Å². The molecule has 1 aromatic carbocycles. The van der Waals surface area contributed by atoms with E-state index in [9.17, 15) is 4.79 Å². The monoisotopic (exact) mass is 362 g/mol. The molecule has 26 heavy (non-hydrogen) atoms. The molecular weight excluding hydrogens is 328 g/mol. The van der Waals surface area contributed by atoms with Crippen LogP contribution in [0.3, 0.4) is 0 Å². The van der Waals surface area contributed by atoms with E-state index in [1.807, 2.05) is 19.1 Å². The van der Waals surface area contributed by atoms with Gasteiger partial charge in [0.25, 0.3) is 0 Å². The molecule has 0 bridgehead atoms. The molecule has 2 rings (SSSR count). The molecule has 5 nitrogen and oxygen atoms in total. The maximum Gasteiger partial charge on any atom is 0.228 e. The summed E-state index contributed by atoms with van der Waals surface area (Å²) in [6.07, 6.45) is 1.60. The highest BCUT2D eigenvalue weighted by molar-refractivity contribution is 5.83. The van der Waals surface area contributed by atoms with Gasteiger partial charge in [0.2, 0.25) is 5.91 Å². The lowest BCUT2D eigenvalue weighted by atomic mass is 9.78. The lowest BCUT2D eigenvalue weighted by molar-refractivity contribution is -0.137. The third kappa shape index (κ3) is 5.45. The number of piperidine rings is 1. The van der Waals surface area contributed by atoms with E-state index in [1.54, 1.807) is 7.11 Å². The van der Waals surface area contributed by atoms with Crippen LogP contribution in [-0.4, -0.2) is 45.4 Å².